The van der Waals surface area contributed by atoms with Crippen molar-refractivity contribution in [3.63, 3.8) is 0 Å². The second-order valence-electron chi connectivity index (χ2n) is 6.37. The van der Waals surface area contributed by atoms with Crippen LogP contribution < -0.4 is 14.8 Å². The molecule has 9 heteroatoms. The van der Waals surface area contributed by atoms with Gasteiger partial charge in [-0.15, -0.1) is 0 Å². The number of para-hydroxylation sites is 1. The zero-order chi connectivity index (χ0) is 22.4. The van der Waals surface area contributed by atoms with Crippen LogP contribution in [0.25, 0.3) is 6.08 Å². The summed E-state index contributed by atoms with van der Waals surface area (Å²) >= 11 is 0.734. The molecule has 1 fully saturated rings. The summed E-state index contributed by atoms with van der Waals surface area (Å²) in [4.78, 5) is 38.1. The molecular formula is C22H21FN2O5S. The summed E-state index contributed by atoms with van der Waals surface area (Å²) in [5, 5.41) is 1.79. The normalized spacial score (nSPS) is 14.8. The lowest BCUT2D eigenvalue weighted by molar-refractivity contribution is -0.127. The summed E-state index contributed by atoms with van der Waals surface area (Å²) in [5.74, 6) is -0.759. The molecule has 0 aliphatic carbocycles. The molecule has 0 radical (unpaired) electrons. The van der Waals surface area contributed by atoms with Gasteiger partial charge in [-0.1, -0.05) is 18.2 Å². The molecule has 1 aliphatic rings. The van der Waals surface area contributed by atoms with Crippen molar-refractivity contribution >= 4 is 40.6 Å². The summed E-state index contributed by atoms with van der Waals surface area (Å²) in [6.45, 7) is 4.12. The fraction of sp³-hybridized carbons (Fsp3) is 0.227. The number of benzene rings is 2. The Morgan fingerprint density at radius 2 is 1.81 bits per heavy atom. The highest BCUT2D eigenvalue weighted by Gasteiger charge is 2.36. The van der Waals surface area contributed by atoms with Gasteiger partial charge in [0.15, 0.2) is 11.5 Å². The number of halogens is 1. The van der Waals surface area contributed by atoms with E-state index in [-0.39, 0.29) is 10.6 Å². The molecule has 1 saturated heterocycles. The maximum atomic E-state index is 13.7. The Kier molecular flexibility index (Phi) is 7.30. The lowest BCUT2D eigenvalue weighted by Gasteiger charge is -2.13. The van der Waals surface area contributed by atoms with Crippen LogP contribution in [0.2, 0.25) is 0 Å². The minimum Gasteiger partial charge on any atom is -0.490 e. The molecule has 2 aromatic rings. The molecule has 3 rings (SSSR count). The molecule has 0 spiro atoms. The number of carbonyl (C=O) groups is 3. The molecule has 2 aromatic carbocycles. The molecule has 1 aliphatic heterocycles. The fourth-order valence-corrected chi connectivity index (χ4v) is 3.68. The second-order valence-corrected chi connectivity index (χ2v) is 7.36. The first-order valence-corrected chi connectivity index (χ1v) is 10.4. The Hall–Kier alpha value is -3.33. The number of ether oxygens (including phenoxy) is 2. The number of amides is 3. The first kappa shape index (κ1) is 22.4. The van der Waals surface area contributed by atoms with Crippen LogP contribution in [0.4, 0.5) is 14.9 Å². The maximum Gasteiger partial charge on any atom is 0.294 e. The number of hydrogen-bond acceptors (Lipinski definition) is 6. The van der Waals surface area contributed by atoms with Crippen LogP contribution in [0.5, 0.6) is 11.5 Å². The molecule has 3 amide bonds. The van der Waals surface area contributed by atoms with Crippen molar-refractivity contribution in [1.82, 2.24) is 4.90 Å². The largest absolute Gasteiger partial charge is 0.490 e. The molecule has 0 atom stereocenters. The Balaban J connectivity index is 1.73. The van der Waals surface area contributed by atoms with Crippen LogP contribution in [0, 0.1) is 5.82 Å². The topological polar surface area (TPSA) is 84.9 Å². The number of rotatable bonds is 8. The van der Waals surface area contributed by atoms with Crippen molar-refractivity contribution in [3.8, 4) is 11.5 Å². The number of thioether (sulfide) groups is 1. The zero-order valence-corrected chi connectivity index (χ0v) is 17.8. The molecule has 0 saturated carbocycles. The van der Waals surface area contributed by atoms with E-state index in [0.29, 0.717) is 30.3 Å². The number of nitrogens with zero attached hydrogens (tertiary/aromatic N) is 1. The van der Waals surface area contributed by atoms with Gasteiger partial charge in [0.1, 0.15) is 12.4 Å². The first-order chi connectivity index (χ1) is 14.9. The highest BCUT2D eigenvalue weighted by atomic mass is 32.2. The van der Waals surface area contributed by atoms with Crippen LogP contribution in [-0.2, 0) is 9.59 Å². The fourth-order valence-electron chi connectivity index (χ4n) is 2.84. The van der Waals surface area contributed by atoms with E-state index >= 15 is 0 Å². The Morgan fingerprint density at radius 1 is 1.10 bits per heavy atom. The van der Waals surface area contributed by atoms with Crippen LogP contribution in [-0.4, -0.2) is 41.7 Å². The quantitative estimate of drug-likeness (QED) is 0.611. The van der Waals surface area contributed by atoms with Crippen molar-refractivity contribution < 1.29 is 28.2 Å². The van der Waals surface area contributed by atoms with E-state index in [2.05, 4.69) is 5.32 Å². The van der Waals surface area contributed by atoms with Crippen molar-refractivity contribution in [2.75, 3.05) is 25.1 Å². The molecule has 162 valence electrons. The third-order valence-corrected chi connectivity index (χ3v) is 5.10. The van der Waals surface area contributed by atoms with Gasteiger partial charge in [-0.05, 0) is 61.5 Å². The van der Waals surface area contributed by atoms with Gasteiger partial charge >= 0.3 is 0 Å². The molecule has 0 bridgehead atoms. The van der Waals surface area contributed by atoms with Crippen LogP contribution in [0.3, 0.4) is 0 Å². The monoisotopic (exact) mass is 444 g/mol. The maximum absolute atomic E-state index is 13.7. The molecule has 31 heavy (non-hydrogen) atoms. The second kappa shape index (κ2) is 10.1. The van der Waals surface area contributed by atoms with E-state index in [9.17, 15) is 18.8 Å². The van der Waals surface area contributed by atoms with Crippen LogP contribution >= 0.6 is 11.8 Å². The Morgan fingerprint density at radius 3 is 2.52 bits per heavy atom. The highest BCUT2D eigenvalue weighted by molar-refractivity contribution is 8.18. The van der Waals surface area contributed by atoms with Crippen molar-refractivity contribution in [2.45, 2.75) is 13.8 Å². The van der Waals surface area contributed by atoms with Gasteiger partial charge in [0.25, 0.3) is 11.1 Å². The first-order valence-electron chi connectivity index (χ1n) is 9.62. The lowest BCUT2D eigenvalue weighted by atomic mass is 10.2. The summed E-state index contributed by atoms with van der Waals surface area (Å²) in [7, 11) is 0. The van der Waals surface area contributed by atoms with Gasteiger partial charge in [0.2, 0.25) is 5.91 Å². The molecule has 7 nitrogen and oxygen atoms in total. The van der Waals surface area contributed by atoms with E-state index in [1.165, 1.54) is 18.2 Å². The number of anilines is 1. The van der Waals surface area contributed by atoms with Gasteiger partial charge in [0, 0.05) is 0 Å². The van der Waals surface area contributed by atoms with Crippen molar-refractivity contribution in [3.05, 3.63) is 58.8 Å². The van der Waals surface area contributed by atoms with Gasteiger partial charge in [-0.3, -0.25) is 19.3 Å². The summed E-state index contributed by atoms with van der Waals surface area (Å²) in [6, 6.07) is 10.8. The van der Waals surface area contributed by atoms with Gasteiger partial charge in [-0.25, -0.2) is 4.39 Å². The number of imide groups is 1. The smallest absolute Gasteiger partial charge is 0.294 e. The third-order valence-electron chi connectivity index (χ3n) is 4.19. The van der Waals surface area contributed by atoms with E-state index in [0.717, 1.165) is 16.7 Å². The summed E-state index contributed by atoms with van der Waals surface area (Å²) < 4.78 is 24.8. The molecule has 1 N–H and O–H groups in total. The van der Waals surface area contributed by atoms with Gasteiger partial charge in [-0.2, -0.15) is 0 Å². The van der Waals surface area contributed by atoms with Crippen molar-refractivity contribution in [1.29, 1.82) is 0 Å². The van der Waals surface area contributed by atoms with Gasteiger partial charge < -0.3 is 14.8 Å². The number of nitrogens with one attached hydrogen (secondary N) is 1. The van der Waals surface area contributed by atoms with Crippen molar-refractivity contribution in [2.24, 2.45) is 0 Å². The van der Waals surface area contributed by atoms with Crippen LogP contribution in [0.15, 0.2) is 47.4 Å². The SMILES string of the molecule is CCOc1ccc(/C=C2/SC(=O)N(CC(=O)Nc3ccccc3F)C2=O)cc1OCC. The van der Waals surface area contributed by atoms with Gasteiger partial charge in [0.05, 0.1) is 23.8 Å². The predicted molar refractivity (Wildman–Crippen MR) is 116 cm³/mol. The van der Waals surface area contributed by atoms with E-state index < -0.39 is 29.4 Å². The van der Waals surface area contributed by atoms with Crippen LogP contribution in [0.1, 0.15) is 19.4 Å². The average molecular weight is 444 g/mol. The van der Waals surface area contributed by atoms with E-state index in [1.54, 1.807) is 30.3 Å². The summed E-state index contributed by atoms with van der Waals surface area (Å²) in [6.07, 6.45) is 1.55. The molecule has 0 aromatic heterocycles. The standard InChI is InChI=1S/C22H21FN2O5S/c1-3-29-17-10-9-14(11-18(17)30-4-2)12-19-21(27)25(22(28)31-19)13-20(26)24-16-8-6-5-7-15(16)23/h5-12H,3-4,13H2,1-2H3,(H,24,26)/b19-12+. The number of carbonyl (C=O) groups excluding carboxylic acids is 3. The summed E-state index contributed by atoms with van der Waals surface area (Å²) in [5.41, 5.74) is 0.626. The predicted octanol–water partition coefficient (Wildman–Crippen LogP) is 4.30. The third kappa shape index (κ3) is 5.43. The van der Waals surface area contributed by atoms with E-state index in [1.807, 2.05) is 13.8 Å². The molecule has 0 unspecified atom stereocenters. The number of hydrogen-bond donors (Lipinski definition) is 1. The highest BCUT2D eigenvalue weighted by Crippen LogP contribution is 2.34. The zero-order valence-electron chi connectivity index (χ0n) is 17.0. The molecule has 1 heterocycles. The average Bonchev–Trinajstić information content (AvgIpc) is 2.99. The Bertz CT molecular complexity index is 1040. The molecular weight excluding hydrogens is 423 g/mol. The minimum absolute atomic E-state index is 0.0205. The lowest BCUT2D eigenvalue weighted by Crippen LogP contribution is -2.36. The van der Waals surface area contributed by atoms with E-state index in [4.69, 9.17) is 9.47 Å². The Labute approximate surface area is 183 Å². The minimum atomic E-state index is -0.673.